The average molecular weight is 285 g/mol. The summed E-state index contributed by atoms with van der Waals surface area (Å²) in [7, 11) is 3.25. The fourth-order valence-corrected chi connectivity index (χ4v) is 2.12. The van der Waals surface area contributed by atoms with E-state index in [4.69, 9.17) is 9.47 Å². The first-order valence-electron chi connectivity index (χ1n) is 6.70. The predicted octanol–water partition coefficient (Wildman–Crippen LogP) is 3.19. The second kappa shape index (κ2) is 6.79. The van der Waals surface area contributed by atoms with Crippen LogP contribution >= 0.6 is 0 Å². The first-order valence-corrected chi connectivity index (χ1v) is 6.70. The molecule has 0 fully saturated rings. The molecule has 110 valence electrons. The van der Waals surface area contributed by atoms with Crippen LogP contribution in [0.25, 0.3) is 0 Å². The van der Waals surface area contributed by atoms with Gasteiger partial charge < -0.3 is 14.8 Å². The van der Waals surface area contributed by atoms with Crippen LogP contribution in [0.2, 0.25) is 0 Å². The molecule has 0 saturated heterocycles. The van der Waals surface area contributed by atoms with Crippen molar-refractivity contribution in [3.05, 3.63) is 53.6 Å². The molecule has 0 unspecified atom stereocenters. The first kappa shape index (κ1) is 14.9. The highest BCUT2D eigenvalue weighted by atomic mass is 16.5. The van der Waals surface area contributed by atoms with Crippen LogP contribution in [0.5, 0.6) is 11.5 Å². The molecule has 1 amide bonds. The van der Waals surface area contributed by atoms with Gasteiger partial charge in [0, 0.05) is 5.69 Å². The zero-order valence-electron chi connectivity index (χ0n) is 12.5. The molecule has 4 heteroatoms. The number of ether oxygens (including phenoxy) is 2. The number of nitrogens with one attached hydrogen (secondary N) is 1. The number of amides is 1. The molecule has 0 aliphatic carbocycles. The zero-order valence-corrected chi connectivity index (χ0v) is 12.5. The number of anilines is 1. The van der Waals surface area contributed by atoms with Crippen molar-refractivity contribution in [2.24, 2.45) is 0 Å². The Morgan fingerprint density at radius 1 is 1.05 bits per heavy atom. The van der Waals surface area contributed by atoms with Crippen molar-refractivity contribution in [3.8, 4) is 11.5 Å². The standard InChI is InChI=1S/C17H19NO3/c1-12-10-13(4-9-16(12)21-3)11-17(19)18-14-5-7-15(20-2)8-6-14/h4-10H,11H2,1-3H3,(H,18,19). The zero-order chi connectivity index (χ0) is 15.2. The van der Waals surface area contributed by atoms with E-state index in [1.807, 2.05) is 49.4 Å². The smallest absolute Gasteiger partial charge is 0.228 e. The summed E-state index contributed by atoms with van der Waals surface area (Å²) in [5, 5.41) is 2.86. The van der Waals surface area contributed by atoms with Gasteiger partial charge in [-0.15, -0.1) is 0 Å². The molecule has 2 aromatic carbocycles. The van der Waals surface area contributed by atoms with Crippen molar-refractivity contribution in [1.82, 2.24) is 0 Å². The van der Waals surface area contributed by atoms with Crippen LogP contribution in [0.1, 0.15) is 11.1 Å². The molecular weight excluding hydrogens is 266 g/mol. The monoisotopic (exact) mass is 285 g/mol. The van der Waals surface area contributed by atoms with Crippen molar-refractivity contribution in [1.29, 1.82) is 0 Å². The van der Waals surface area contributed by atoms with Gasteiger partial charge in [0.15, 0.2) is 0 Å². The van der Waals surface area contributed by atoms with E-state index in [1.165, 1.54) is 0 Å². The average Bonchev–Trinajstić information content (AvgIpc) is 2.48. The van der Waals surface area contributed by atoms with Crippen molar-refractivity contribution >= 4 is 11.6 Å². The summed E-state index contributed by atoms with van der Waals surface area (Å²) in [5.74, 6) is 1.54. The number of methoxy groups -OCH3 is 2. The molecule has 2 rings (SSSR count). The van der Waals surface area contributed by atoms with Gasteiger partial charge in [-0.1, -0.05) is 12.1 Å². The summed E-state index contributed by atoms with van der Waals surface area (Å²) in [6.07, 6.45) is 0.330. The summed E-state index contributed by atoms with van der Waals surface area (Å²) in [6, 6.07) is 13.0. The molecular formula is C17H19NO3. The van der Waals surface area contributed by atoms with Crippen molar-refractivity contribution in [2.75, 3.05) is 19.5 Å². The molecule has 0 aliphatic heterocycles. The van der Waals surface area contributed by atoms with Crippen molar-refractivity contribution in [2.45, 2.75) is 13.3 Å². The minimum atomic E-state index is -0.0512. The lowest BCUT2D eigenvalue weighted by molar-refractivity contribution is -0.115. The molecule has 21 heavy (non-hydrogen) atoms. The highest BCUT2D eigenvalue weighted by Gasteiger charge is 2.06. The molecule has 1 N–H and O–H groups in total. The number of aryl methyl sites for hydroxylation is 1. The van der Waals surface area contributed by atoms with Crippen molar-refractivity contribution < 1.29 is 14.3 Å². The minimum Gasteiger partial charge on any atom is -0.497 e. The number of hydrogen-bond acceptors (Lipinski definition) is 3. The largest absolute Gasteiger partial charge is 0.497 e. The highest BCUT2D eigenvalue weighted by Crippen LogP contribution is 2.19. The number of carbonyl (C=O) groups is 1. The molecule has 0 spiro atoms. The molecule has 0 heterocycles. The number of benzene rings is 2. The van der Waals surface area contributed by atoms with Gasteiger partial charge in [0.1, 0.15) is 11.5 Å². The third-order valence-corrected chi connectivity index (χ3v) is 3.20. The second-order valence-electron chi connectivity index (χ2n) is 4.76. The Labute approximate surface area is 124 Å². The third-order valence-electron chi connectivity index (χ3n) is 3.20. The number of rotatable bonds is 5. The van der Waals surface area contributed by atoms with Crippen molar-refractivity contribution in [3.63, 3.8) is 0 Å². The molecule has 2 aromatic rings. The van der Waals surface area contributed by atoms with E-state index >= 15 is 0 Å². The van der Waals surface area contributed by atoms with E-state index in [0.29, 0.717) is 6.42 Å². The quantitative estimate of drug-likeness (QED) is 0.917. The van der Waals surface area contributed by atoms with E-state index in [1.54, 1.807) is 14.2 Å². The molecule has 0 atom stereocenters. The summed E-state index contributed by atoms with van der Waals surface area (Å²) in [4.78, 5) is 12.0. The van der Waals surface area contributed by atoms with Crippen LogP contribution in [-0.2, 0) is 11.2 Å². The van der Waals surface area contributed by atoms with E-state index < -0.39 is 0 Å². The van der Waals surface area contributed by atoms with E-state index in [-0.39, 0.29) is 5.91 Å². The van der Waals surface area contributed by atoms with Crippen LogP contribution in [0.3, 0.4) is 0 Å². The maximum atomic E-state index is 12.0. The lowest BCUT2D eigenvalue weighted by Crippen LogP contribution is -2.14. The SMILES string of the molecule is COc1ccc(NC(=O)Cc2ccc(OC)c(C)c2)cc1. The maximum absolute atomic E-state index is 12.0. The summed E-state index contributed by atoms with van der Waals surface area (Å²) in [5.41, 5.74) is 2.73. The predicted molar refractivity (Wildman–Crippen MR) is 83.1 cm³/mol. The van der Waals surface area contributed by atoms with Gasteiger partial charge >= 0.3 is 0 Å². The Bertz CT molecular complexity index is 620. The number of hydrogen-bond donors (Lipinski definition) is 1. The molecule has 0 radical (unpaired) electrons. The second-order valence-corrected chi connectivity index (χ2v) is 4.76. The van der Waals surface area contributed by atoms with Crippen LogP contribution in [0, 0.1) is 6.92 Å². The normalized spacial score (nSPS) is 10.0. The summed E-state index contributed by atoms with van der Waals surface area (Å²) in [6.45, 7) is 1.96. The van der Waals surface area contributed by atoms with Crippen LogP contribution in [-0.4, -0.2) is 20.1 Å². The Hall–Kier alpha value is -2.49. The lowest BCUT2D eigenvalue weighted by Gasteiger charge is -2.09. The van der Waals surface area contributed by atoms with Gasteiger partial charge in [-0.3, -0.25) is 4.79 Å². The van der Waals surface area contributed by atoms with Crippen LogP contribution in [0.15, 0.2) is 42.5 Å². The Morgan fingerprint density at radius 3 is 2.33 bits per heavy atom. The van der Waals surface area contributed by atoms with Crippen LogP contribution in [0.4, 0.5) is 5.69 Å². The van der Waals surface area contributed by atoms with Gasteiger partial charge in [-0.05, 0) is 48.4 Å². The van der Waals surface area contributed by atoms with Crippen LogP contribution < -0.4 is 14.8 Å². The first-order chi connectivity index (χ1) is 10.1. The van der Waals surface area contributed by atoms with Gasteiger partial charge in [0.05, 0.1) is 20.6 Å². The summed E-state index contributed by atoms with van der Waals surface area (Å²) < 4.78 is 10.3. The summed E-state index contributed by atoms with van der Waals surface area (Å²) >= 11 is 0. The Morgan fingerprint density at radius 2 is 1.76 bits per heavy atom. The highest BCUT2D eigenvalue weighted by molar-refractivity contribution is 5.92. The maximum Gasteiger partial charge on any atom is 0.228 e. The Balaban J connectivity index is 1.99. The van der Waals surface area contributed by atoms with Gasteiger partial charge in [0.25, 0.3) is 0 Å². The molecule has 0 bridgehead atoms. The lowest BCUT2D eigenvalue weighted by atomic mass is 10.1. The van der Waals surface area contributed by atoms with E-state index in [0.717, 1.165) is 28.3 Å². The topological polar surface area (TPSA) is 47.6 Å². The fraction of sp³-hybridized carbons (Fsp3) is 0.235. The molecule has 0 aliphatic rings. The number of carbonyl (C=O) groups excluding carboxylic acids is 1. The third kappa shape index (κ3) is 3.99. The minimum absolute atomic E-state index is 0.0512. The van der Waals surface area contributed by atoms with Gasteiger partial charge in [0.2, 0.25) is 5.91 Å². The van der Waals surface area contributed by atoms with E-state index in [2.05, 4.69) is 5.32 Å². The van der Waals surface area contributed by atoms with Gasteiger partial charge in [-0.25, -0.2) is 0 Å². The molecule has 4 nitrogen and oxygen atoms in total. The fourth-order valence-electron chi connectivity index (χ4n) is 2.12. The Kier molecular flexibility index (Phi) is 4.82. The van der Waals surface area contributed by atoms with Gasteiger partial charge in [-0.2, -0.15) is 0 Å². The van der Waals surface area contributed by atoms with E-state index in [9.17, 15) is 4.79 Å². The molecule has 0 aromatic heterocycles. The molecule has 0 saturated carbocycles.